The van der Waals surface area contributed by atoms with Gasteiger partial charge in [0.25, 0.3) is 0 Å². The average Bonchev–Trinajstić information content (AvgIpc) is 2.64. The van der Waals surface area contributed by atoms with E-state index in [1.165, 1.54) is 6.20 Å². The fourth-order valence-electron chi connectivity index (χ4n) is 2.28. The fourth-order valence-corrected chi connectivity index (χ4v) is 2.47. The molecule has 2 aromatic rings. The molecule has 27 heavy (non-hydrogen) atoms. The number of morpholine rings is 1. The first-order valence-electron chi connectivity index (χ1n) is 8.18. The number of rotatable bonds is 5. The molecule has 9 nitrogen and oxygen atoms in total. The summed E-state index contributed by atoms with van der Waals surface area (Å²) in [6, 6.07) is 4.49. The van der Waals surface area contributed by atoms with E-state index < -0.39 is 6.03 Å². The molecule has 142 valence electrons. The molecule has 0 unspecified atom stereocenters. The van der Waals surface area contributed by atoms with Gasteiger partial charge in [0.15, 0.2) is 17.4 Å². The Balaban J connectivity index is 1.61. The summed E-state index contributed by atoms with van der Waals surface area (Å²) in [4.78, 5) is 31.5. The van der Waals surface area contributed by atoms with Crippen molar-refractivity contribution in [3.8, 4) is 5.75 Å². The number of benzene rings is 1. The number of hydrogen-bond donors (Lipinski definition) is 3. The third-order valence-corrected chi connectivity index (χ3v) is 3.88. The Morgan fingerprint density at radius 1 is 1.37 bits per heavy atom. The van der Waals surface area contributed by atoms with Crippen LogP contribution < -0.4 is 20.7 Å². The molecule has 1 aromatic heterocycles. The van der Waals surface area contributed by atoms with Crippen LogP contribution in [0.25, 0.3) is 0 Å². The molecule has 3 rings (SSSR count). The molecule has 1 saturated heterocycles. The number of urea groups is 1. The van der Waals surface area contributed by atoms with Gasteiger partial charge in [-0.05, 0) is 13.0 Å². The lowest BCUT2D eigenvalue weighted by Crippen LogP contribution is -2.45. The summed E-state index contributed by atoms with van der Waals surface area (Å²) >= 11 is 5.16. The van der Waals surface area contributed by atoms with Crippen molar-refractivity contribution < 1.29 is 30.7 Å². The molecule has 0 aliphatic carbocycles. The van der Waals surface area contributed by atoms with Crippen LogP contribution in [-0.2, 0) is 9.53 Å². The predicted molar refractivity (Wildman–Crippen MR) is 94.6 cm³/mol. The van der Waals surface area contributed by atoms with Crippen LogP contribution in [0.4, 0.5) is 16.3 Å². The van der Waals surface area contributed by atoms with Crippen LogP contribution in [0.3, 0.4) is 0 Å². The normalized spacial score (nSPS) is 16.4. The third kappa shape index (κ3) is 5.53. The van der Waals surface area contributed by atoms with Crippen LogP contribution in [0.2, 0.25) is 5.02 Å². The fraction of sp³-hybridized carbons (Fsp3) is 0.294. The number of carbonyl (C=O) groups excluding carboxylic acids is 2. The zero-order valence-corrected chi connectivity index (χ0v) is 15.3. The van der Waals surface area contributed by atoms with Gasteiger partial charge in [0.2, 0.25) is 10.9 Å². The Bertz CT molecular complexity index is 821. The van der Waals surface area contributed by atoms with Crippen molar-refractivity contribution in [1.82, 2.24) is 15.3 Å². The van der Waals surface area contributed by atoms with Crippen molar-refractivity contribution in [2.24, 2.45) is 0 Å². The number of aryl methyl sites for hydroxylation is 1. The molecule has 0 spiro atoms. The van der Waals surface area contributed by atoms with Crippen molar-refractivity contribution >= 4 is 23.4 Å². The van der Waals surface area contributed by atoms with Gasteiger partial charge in [-0.3, -0.25) is 15.1 Å². The number of aromatic nitrogens is 2. The zero-order chi connectivity index (χ0) is 19.2. The topological polar surface area (TPSA) is 114 Å². The highest BCUT2D eigenvalue weighted by atomic mass is 35.5. The number of nitrogens with zero attached hydrogens (tertiary/aromatic N) is 2. The summed E-state index contributed by atoms with van der Waals surface area (Å²) in [5, 5.41) is 8.53. The van der Waals surface area contributed by atoms with Crippen molar-refractivity contribution in [1.29, 1.82) is 0 Å². The van der Waals surface area contributed by atoms with E-state index in [4.69, 9.17) is 21.1 Å². The highest BCUT2D eigenvalue weighted by molar-refractivity contribution is 6.00. The van der Waals surface area contributed by atoms with Gasteiger partial charge in [0.1, 0.15) is 25.1 Å². The first kappa shape index (κ1) is 18.9. The summed E-state index contributed by atoms with van der Waals surface area (Å²) in [5.74, 6) is 0.607. The number of anilines is 2. The van der Waals surface area contributed by atoms with Gasteiger partial charge < -0.3 is 20.1 Å². The number of carbonyl (C=O) groups is 2. The number of hydrogen-bond acceptors (Lipinski definition) is 6. The van der Waals surface area contributed by atoms with E-state index in [-0.39, 0.29) is 25.2 Å². The molecule has 1 aliphatic rings. The molecule has 2 heterocycles. The van der Waals surface area contributed by atoms with Crippen molar-refractivity contribution in [2.75, 3.05) is 30.4 Å². The average molecular weight is 393 g/mol. The van der Waals surface area contributed by atoms with E-state index in [1.54, 1.807) is 31.3 Å². The first-order chi connectivity index (χ1) is 13.0. The Kier molecular flexibility index (Phi) is 6.05. The van der Waals surface area contributed by atoms with Crippen molar-refractivity contribution in [3.05, 3.63) is 41.3 Å². The third-order valence-electron chi connectivity index (χ3n) is 3.62. The lowest BCUT2D eigenvalue weighted by molar-refractivity contribution is -0.288. The second-order valence-electron chi connectivity index (χ2n) is 5.83. The highest BCUT2D eigenvalue weighted by Gasteiger charge is 2.20. The van der Waals surface area contributed by atoms with Gasteiger partial charge in [-0.1, -0.05) is 0 Å². The molecule has 10 heteroatoms. The molecule has 3 amide bonds. The summed E-state index contributed by atoms with van der Waals surface area (Å²) < 4.78 is 11.1. The maximum Gasteiger partial charge on any atom is 0.325 e. The molecule has 0 bridgehead atoms. The zero-order valence-electron chi connectivity index (χ0n) is 14.5. The summed E-state index contributed by atoms with van der Waals surface area (Å²) in [7, 11) is 0. The molecule has 1 fully saturated rings. The summed E-state index contributed by atoms with van der Waals surface area (Å²) in [5.41, 5.74) is 1.16. The first-order valence-corrected chi connectivity index (χ1v) is 8.59. The molecular weight excluding hydrogens is 374 g/mol. The maximum absolute atomic E-state index is 12.2. The van der Waals surface area contributed by atoms with E-state index in [0.717, 1.165) is 5.69 Å². The lowest BCUT2D eigenvalue weighted by atomic mass is 10.3. The van der Waals surface area contributed by atoms with Crippen LogP contribution in [0.15, 0.2) is 30.6 Å². The standard InChI is InChI=1S/C17H18ClN5O4/c1-10-5-20-15(7-19-10)23-17(25)22-13-4-11(18)2-3-14(13)27-8-12-6-21-16(24)9-26-12/h2-5,7,12,18H,6,8-9H2,1H3,(H2-,20,21,22,23,24,25)/p+1/t12-/m0/s1. The van der Waals surface area contributed by atoms with E-state index >= 15 is 0 Å². The molecule has 1 atom stereocenters. The van der Waals surface area contributed by atoms with Gasteiger partial charge in [0, 0.05) is 18.7 Å². The lowest BCUT2D eigenvalue weighted by Gasteiger charge is -2.23. The van der Waals surface area contributed by atoms with Crippen LogP contribution in [-0.4, -0.2) is 47.8 Å². The van der Waals surface area contributed by atoms with Gasteiger partial charge in [-0.2, -0.15) is 0 Å². The van der Waals surface area contributed by atoms with Crippen molar-refractivity contribution in [2.45, 2.75) is 13.0 Å². The van der Waals surface area contributed by atoms with Crippen LogP contribution in [0, 0.1) is 18.5 Å². The van der Waals surface area contributed by atoms with Crippen LogP contribution in [0.1, 0.15) is 5.69 Å². The number of amides is 3. The van der Waals surface area contributed by atoms with Crippen LogP contribution in [0.5, 0.6) is 5.75 Å². The SMILES string of the molecule is Cc1cnc(NC(=O)Nc2cc([ClH+])ccc2OC[C@@H]2CNC(=O)CO2)cn1. The summed E-state index contributed by atoms with van der Waals surface area (Å²) in [6.07, 6.45) is 2.75. The second-order valence-corrected chi connectivity index (χ2v) is 6.30. The van der Waals surface area contributed by atoms with E-state index in [2.05, 4.69) is 25.9 Å². The van der Waals surface area contributed by atoms with E-state index in [1.807, 2.05) is 0 Å². The molecule has 0 saturated carbocycles. The Hall–Kier alpha value is -2.91. The van der Waals surface area contributed by atoms with E-state index in [0.29, 0.717) is 28.8 Å². The van der Waals surface area contributed by atoms with E-state index in [9.17, 15) is 9.59 Å². The molecule has 3 N–H and O–H groups in total. The molecular formula is C17H19ClN5O4+. The molecule has 1 aliphatic heterocycles. The molecule has 0 radical (unpaired) electrons. The summed E-state index contributed by atoms with van der Waals surface area (Å²) in [6.45, 7) is 2.39. The minimum Gasteiger partial charge on any atom is -0.489 e. The number of ether oxygens (including phenoxy) is 2. The molecule has 1 aromatic carbocycles. The predicted octanol–water partition coefficient (Wildman–Crippen LogP) is 1.02. The van der Waals surface area contributed by atoms with Crippen molar-refractivity contribution in [3.63, 3.8) is 0 Å². The van der Waals surface area contributed by atoms with Gasteiger partial charge >= 0.3 is 6.03 Å². The minimum atomic E-state index is -0.500. The van der Waals surface area contributed by atoms with Gasteiger partial charge in [-0.25, -0.2) is 9.78 Å². The van der Waals surface area contributed by atoms with Crippen LogP contribution >= 0.6 is 0 Å². The Morgan fingerprint density at radius 2 is 2.22 bits per heavy atom. The smallest absolute Gasteiger partial charge is 0.325 e. The number of halogens is 1. The minimum absolute atomic E-state index is 0.00419. The maximum atomic E-state index is 12.2. The largest absolute Gasteiger partial charge is 0.489 e. The second kappa shape index (κ2) is 8.65. The Labute approximate surface area is 160 Å². The Morgan fingerprint density at radius 3 is 2.93 bits per heavy atom. The number of nitrogens with one attached hydrogen (secondary N) is 3. The van der Waals surface area contributed by atoms with Gasteiger partial charge in [-0.15, -0.1) is 0 Å². The monoisotopic (exact) mass is 392 g/mol. The highest BCUT2D eigenvalue weighted by Crippen LogP contribution is 2.27. The quantitative estimate of drug-likeness (QED) is 0.700. The van der Waals surface area contributed by atoms with Gasteiger partial charge in [0.05, 0.1) is 23.8 Å².